The first-order valence-electron chi connectivity index (χ1n) is 22.9. The van der Waals surface area contributed by atoms with Crippen LogP contribution in [0.15, 0.2) is 24.3 Å². The maximum Gasteiger partial charge on any atom is 0.534 e. The molecule has 63 heavy (non-hydrogen) atoms. The van der Waals surface area contributed by atoms with Crippen LogP contribution in [0.1, 0.15) is 80.0 Å². The van der Waals surface area contributed by atoms with E-state index in [2.05, 4.69) is 9.80 Å². The maximum absolute atomic E-state index is 13.6. The van der Waals surface area contributed by atoms with Gasteiger partial charge in [-0.2, -0.15) is 21.6 Å². The number of likely N-dealkylation sites (tertiary alicyclic amines) is 2. The highest BCUT2D eigenvalue weighted by atomic mass is 32.2. The molecule has 6 heterocycles. The van der Waals surface area contributed by atoms with Gasteiger partial charge in [0.2, 0.25) is 11.6 Å². The van der Waals surface area contributed by atoms with E-state index in [-0.39, 0.29) is 67.6 Å². The predicted molar refractivity (Wildman–Crippen MR) is 211 cm³/mol. The Balaban J connectivity index is 0.741. The fourth-order valence-corrected chi connectivity index (χ4v) is 16.0. The first-order valence-corrected chi connectivity index (χ1v) is 24.4. The average Bonchev–Trinajstić information content (AvgIpc) is 3.97. The van der Waals surface area contributed by atoms with Crippen LogP contribution in [-0.4, -0.2) is 138 Å². The largest absolute Gasteiger partial charge is 0.534 e. The van der Waals surface area contributed by atoms with Gasteiger partial charge in [0, 0.05) is 49.1 Å². The average molecular weight is 901 g/mol. The second kappa shape index (κ2) is 12.1. The van der Waals surface area contributed by atoms with Crippen molar-refractivity contribution in [2.75, 3.05) is 46.0 Å². The highest BCUT2D eigenvalue weighted by Crippen LogP contribution is 2.71. The Morgan fingerprint density at radius 2 is 1.37 bits per heavy atom. The topological polar surface area (TPSA) is 166 Å². The minimum Gasteiger partial charge on any atom is -0.504 e. The van der Waals surface area contributed by atoms with E-state index in [1.807, 2.05) is 6.07 Å². The van der Waals surface area contributed by atoms with Gasteiger partial charge in [0.25, 0.3) is 0 Å². The summed E-state index contributed by atoms with van der Waals surface area (Å²) in [6.45, 7) is 3.99. The number of phenolic OH excluding ortho intramolecular Hbond substituents is 1. The molecule has 14 rings (SSSR count). The normalized spacial score (nSPS) is 44.6. The smallest absolute Gasteiger partial charge is 0.504 e. The van der Waals surface area contributed by atoms with Crippen molar-refractivity contribution in [2.45, 2.75) is 140 Å². The van der Waals surface area contributed by atoms with Crippen LogP contribution in [0, 0.1) is 17.8 Å². The molecule has 8 unspecified atom stereocenters. The monoisotopic (exact) mass is 900 g/mol. The Morgan fingerprint density at radius 3 is 2.03 bits per heavy atom. The van der Waals surface area contributed by atoms with Gasteiger partial charge in [-0.15, -0.1) is 0 Å². The number of halogens is 3. The molecule has 4 saturated carbocycles. The zero-order valence-electron chi connectivity index (χ0n) is 34.6. The van der Waals surface area contributed by atoms with E-state index >= 15 is 0 Å². The lowest BCUT2D eigenvalue weighted by atomic mass is 9.48. The van der Waals surface area contributed by atoms with Crippen molar-refractivity contribution >= 4 is 10.1 Å². The van der Waals surface area contributed by atoms with E-state index < -0.39 is 67.2 Å². The van der Waals surface area contributed by atoms with Crippen LogP contribution in [0.25, 0.3) is 0 Å². The summed E-state index contributed by atoms with van der Waals surface area (Å²) in [6, 6.07) is 6.11. The van der Waals surface area contributed by atoms with Crippen LogP contribution in [-0.2, 0) is 52.7 Å². The van der Waals surface area contributed by atoms with E-state index in [4.69, 9.17) is 32.6 Å². The van der Waals surface area contributed by atoms with E-state index in [0.717, 1.165) is 36.2 Å². The number of hydrogen-bond donors (Lipinski definition) is 3. The summed E-state index contributed by atoms with van der Waals surface area (Å²) in [6.07, 6.45) is 5.26. The number of rotatable bonds is 7. The Kier molecular flexibility index (Phi) is 7.56. The van der Waals surface area contributed by atoms with Crippen LogP contribution >= 0.6 is 0 Å². The lowest BCUT2D eigenvalue weighted by Gasteiger charge is -2.65. The molecule has 4 bridgehead atoms. The Morgan fingerprint density at radius 1 is 0.762 bits per heavy atom. The van der Waals surface area contributed by atoms with Gasteiger partial charge in [-0.25, -0.2) is 0 Å². The van der Waals surface area contributed by atoms with E-state index in [1.54, 1.807) is 12.1 Å². The Hall–Kier alpha value is -2.94. The molecular formula is C45H51F3N2O12S. The van der Waals surface area contributed by atoms with Gasteiger partial charge < -0.3 is 47.9 Å². The number of phenols is 1. The molecule has 2 aromatic rings. The van der Waals surface area contributed by atoms with E-state index in [1.165, 1.54) is 18.9 Å². The minimum absolute atomic E-state index is 0.0555. The molecule has 6 aliphatic heterocycles. The van der Waals surface area contributed by atoms with Crippen LogP contribution in [0.2, 0.25) is 0 Å². The summed E-state index contributed by atoms with van der Waals surface area (Å²) in [4.78, 5) is 4.87. The molecule has 3 N–H and O–H groups in total. The molecule has 18 heteroatoms. The van der Waals surface area contributed by atoms with Gasteiger partial charge in [-0.05, 0) is 112 Å². The molecule has 0 aromatic heterocycles. The van der Waals surface area contributed by atoms with Crippen molar-refractivity contribution in [3.05, 3.63) is 46.5 Å². The molecule has 0 amide bonds. The molecule has 14 nitrogen and oxygen atoms in total. The van der Waals surface area contributed by atoms with Crippen molar-refractivity contribution in [2.24, 2.45) is 17.8 Å². The van der Waals surface area contributed by atoms with Gasteiger partial charge in [0.1, 0.15) is 0 Å². The summed E-state index contributed by atoms with van der Waals surface area (Å²) in [7, 11) is -6.01. The number of alkyl halides is 3. The van der Waals surface area contributed by atoms with Gasteiger partial charge in [0.15, 0.2) is 35.2 Å². The maximum atomic E-state index is 13.6. The number of fused-ring (bicyclic) bond motifs is 2. The molecule has 4 saturated heterocycles. The van der Waals surface area contributed by atoms with Gasteiger partial charge in [-0.1, -0.05) is 12.1 Å². The fourth-order valence-electron chi connectivity index (χ4n) is 15.5. The molecule has 2 aromatic carbocycles. The standard InChI is InChI=1S/C45H51F3N2O12S/c46-45(47,48)63(54,55)62-29-6-4-25-19-32-41(52)7-9-43(56-15-16-57-43)37-40(41,34(25)36(29)60-37)12-14-50(32)21-26-17-27(26)30-22-58-44(61-30)10-8-42(53)31-18-24-3-5-28(51)35-33(24)39(42,38(44)59-35)11-13-49(31)20-23-1-2-23/h3-6,23,26-27,30-32,37-38,51-53H,1-2,7-22H2/t26?,27?,30?,31-,32-,37?,38?,39+,40+,41?,42?,44?/m1/s1. The molecule has 8 fully saturated rings. The second-order valence-corrected chi connectivity index (χ2v) is 22.5. The summed E-state index contributed by atoms with van der Waals surface area (Å²) in [5, 5.41) is 37.4. The van der Waals surface area contributed by atoms with Gasteiger partial charge in [0.05, 0.1) is 48.0 Å². The lowest BCUT2D eigenvalue weighted by molar-refractivity contribution is -0.302. The molecule has 6 aliphatic carbocycles. The zero-order chi connectivity index (χ0) is 42.9. The third kappa shape index (κ3) is 4.71. The van der Waals surface area contributed by atoms with Gasteiger partial charge >= 0.3 is 15.6 Å². The van der Waals surface area contributed by atoms with Crippen molar-refractivity contribution in [1.29, 1.82) is 0 Å². The number of benzene rings is 2. The predicted octanol–water partition coefficient (Wildman–Crippen LogP) is 3.53. The molecule has 0 radical (unpaired) electrons. The summed E-state index contributed by atoms with van der Waals surface area (Å²) in [5.74, 6) is -1.41. The summed E-state index contributed by atoms with van der Waals surface area (Å²) in [5.41, 5.74) is -6.75. The summed E-state index contributed by atoms with van der Waals surface area (Å²) < 4.78 is 110. The van der Waals surface area contributed by atoms with Crippen LogP contribution < -0.4 is 13.7 Å². The van der Waals surface area contributed by atoms with Crippen LogP contribution in [0.3, 0.4) is 0 Å². The third-order valence-electron chi connectivity index (χ3n) is 18.4. The first kappa shape index (κ1) is 39.2. The van der Waals surface area contributed by atoms with Crippen molar-refractivity contribution in [3.8, 4) is 23.0 Å². The lowest BCUT2D eigenvalue weighted by Crippen LogP contribution is -2.79. The molecule has 340 valence electrons. The molecule has 4 spiro atoms. The number of aromatic hydroxyl groups is 1. The van der Waals surface area contributed by atoms with Crippen molar-refractivity contribution in [1.82, 2.24) is 9.80 Å². The van der Waals surface area contributed by atoms with Crippen LogP contribution in [0.4, 0.5) is 13.2 Å². The number of aliphatic hydroxyl groups is 2. The zero-order valence-corrected chi connectivity index (χ0v) is 35.4. The summed E-state index contributed by atoms with van der Waals surface area (Å²) >= 11 is 0. The van der Waals surface area contributed by atoms with Crippen molar-refractivity contribution < 1.29 is 69.5 Å². The van der Waals surface area contributed by atoms with E-state index in [0.29, 0.717) is 75.5 Å². The SMILES string of the molecule is O=S(=O)(Oc1ccc2c3c1OC1C4(CCC5(O)[C@@H](C2)N(CC2CC2C2COC6(CCC7(O)[C@H]8Cc9ccc(O)c%10c9[C@@]7(CCN8CC7CC7)C6O%10)O2)CC[C@]315)OCCO4)C(F)(F)F. The number of piperidine rings is 2. The second-order valence-electron chi connectivity index (χ2n) is 21.0. The third-order valence-corrected chi connectivity index (χ3v) is 19.3. The van der Waals surface area contributed by atoms with Gasteiger partial charge in [-0.3, -0.25) is 9.80 Å². The quantitative estimate of drug-likeness (QED) is 0.273. The van der Waals surface area contributed by atoms with E-state index in [9.17, 15) is 36.9 Å². The molecular weight excluding hydrogens is 850 g/mol. The fraction of sp³-hybridized carbons (Fsp3) is 0.733. The molecule has 12 aliphatic rings. The molecule has 12 atom stereocenters. The number of hydrogen-bond acceptors (Lipinski definition) is 14. The number of ether oxygens (including phenoxy) is 6. The highest BCUT2D eigenvalue weighted by Gasteiger charge is 2.80. The first-order chi connectivity index (χ1) is 30.1. The minimum atomic E-state index is -6.01. The highest BCUT2D eigenvalue weighted by molar-refractivity contribution is 7.88. The van der Waals surface area contributed by atoms with Crippen molar-refractivity contribution in [3.63, 3.8) is 0 Å². The number of nitrogens with zero attached hydrogens (tertiary/aromatic N) is 2. The van der Waals surface area contributed by atoms with Crippen LogP contribution in [0.5, 0.6) is 23.0 Å². The Bertz CT molecular complexity index is 2470. The Labute approximate surface area is 361 Å².